The number of nitrogens with one attached hydrogen (secondary N) is 1. The zero-order valence-electron chi connectivity index (χ0n) is 18.7. The summed E-state index contributed by atoms with van der Waals surface area (Å²) in [5.41, 5.74) is 3.75. The summed E-state index contributed by atoms with van der Waals surface area (Å²) in [6.07, 6.45) is 1.12. The molecule has 1 saturated carbocycles. The van der Waals surface area contributed by atoms with Crippen LogP contribution in [-0.4, -0.2) is 46.4 Å². The van der Waals surface area contributed by atoms with Gasteiger partial charge in [-0.1, -0.05) is 29.8 Å². The lowest BCUT2D eigenvalue weighted by molar-refractivity contribution is -0.124. The average Bonchev–Trinajstić information content (AvgIpc) is 3.02. The number of hydrogen-bond donors (Lipinski definition) is 1. The van der Waals surface area contributed by atoms with Crippen LogP contribution >= 0.6 is 11.6 Å². The summed E-state index contributed by atoms with van der Waals surface area (Å²) < 4.78 is 0. The minimum absolute atomic E-state index is 0.0585. The highest BCUT2D eigenvalue weighted by Gasteiger charge is 2.38. The number of fused-ring (bicyclic) bond motifs is 1. The van der Waals surface area contributed by atoms with Gasteiger partial charge in [-0.3, -0.25) is 14.4 Å². The van der Waals surface area contributed by atoms with Crippen LogP contribution in [0.5, 0.6) is 0 Å². The van der Waals surface area contributed by atoms with Crippen LogP contribution in [0, 0.1) is 6.92 Å². The molecule has 1 heterocycles. The van der Waals surface area contributed by atoms with Crippen molar-refractivity contribution >= 4 is 40.8 Å². The number of rotatable bonds is 4. The van der Waals surface area contributed by atoms with Gasteiger partial charge in [-0.15, -0.1) is 0 Å². The third kappa shape index (κ3) is 4.78. The molecule has 7 nitrogen and oxygen atoms in total. The lowest BCUT2D eigenvalue weighted by Gasteiger charge is -2.25. The van der Waals surface area contributed by atoms with Gasteiger partial charge < -0.3 is 15.1 Å². The Morgan fingerprint density at radius 1 is 1.15 bits per heavy atom. The number of benzene rings is 2. The summed E-state index contributed by atoms with van der Waals surface area (Å²) in [4.78, 5) is 53.3. The van der Waals surface area contributed by atoms with Gasteiger partial charge in [-0.05, 0) is 48.2 Å². The van der Waals surface area contributed by atoms with E-state index in [1.54, 1.807) is 36.2 Å². The molecule has 1 unspecified atom stereocenters. The maximum absolute atomic E-state index is 13.1. The van der Waals surface area contributed by atoms with Crippen LogP contribution in [0.2, 0.25) is 5.02 Å². The number of halogens is 1. The Balaban J connectivity index is 1.49. The van der Waals surface area contributed by atoms with E-state index < -0.39 is 6.04 Å². The highest BCUT2D eigenvalue weighted by molar-refractivity contribution is 6.31. The number of carbonyl (C=O) groups excluding carboxylic acids is 4. The molecular weight excluding hydrogens is 442 g/mol. The molecule has 1 N–H and O–H groups in total. The van der Waals surface area contributed by atoms with E-state index in [9.17, 15) is 19.2 Å². The fourth-order valence-electron chi connectivity index (χ4n) is 4.38. The van der Waals surface area contributed by atoms with Gasteiger partial charge in [0, 0.05) is 55.7 Å². The van der Waals surface area contributed by atoms with Gasteiger partial charge >= 0.3 is 6.03 Å². The molecule has 4 rings (SSSR count). The monoisotopic (exact) mass is 467 g/mol. The number of Topliss-reactive ketones (excluding diaryl/α,β-unsaturated/α-hetero) is 2. The number of hydrogen-bond acceptors (Lipinski definition) is 4. The van der Waals surface area contributed by atoms with Crippen LogP contribution < -0.4 is 5.32 Å². The first kappa shape index (κ1) is 23.0. The molecule has 33 heavy (non-hydrogen) atoms. The Kier molecular flexibility index (Phi) is 6.51. The molecule has 0 saturated heterocycles. The Labute approximate surface area is 197 Å². The van der Waals surface area contributed by atoms with Crippen molar-refractivity contribution < 1.29 is 19.2 Å². The number of urea groups is 1. The fraction of sp³-hybridized carbons (Fsp3) is 0.360. The summed E-state index contributed by atoms with van der Waals surface area (Å²) in [6, 6.07) is 9.89. The molecule has 1 atom stereocenters. The van der Waals surface area contributed by atoms with Gasteiger partial charge in [-0.2, -0.15) is 0 Å². The molecule has 1 aliphatic carbocycles. The van der Waals surface area contributed by atoms with Crippen LogP contribution in [0.4, 0.5) is 10.5 Å². The van der Waals surface area contributed by atoms with Crippen molar-refractivity contribution in [2.45, 2.75) is 51.7 Å². The Bertz CT molecular complexity index is 1150. The van der Waals surface area contributed by atoms with Crippen molar-refractivity contribution in [1.29, 1.82) is 0 Å². The molecule has 172 valence electrons. The van der Waals surface area contributed by atoms with Crippen LogP contribution in [0.1, 0.15) is 52.7 Å². The summed E-state index contributed by atoms with van der Waals surface area (Å²) in [5.74, 6) is -0.184. The highest BCUT2D eigenvalue weighted by Crippen LogP contribution is 2.31. The normalized spacial score (nSPS) is 18.2. The SMILES string of the molecule is Cc1ccc(NC(=O)N(C)Cc2cccc3c2CN(C2CCC(=O)CCC2=O)C3=O)cc1Cl. The Hall–Kier alpha value is -3.19. The Morgan fingerprint density at radius 3 is 2.70 bits per heavy atom. The number of anilines is 1. The van der Waals surface area contributed by atoms with Crippen LogP contribution in [0.15, 0.2) is 36.4 Å². The molecule has 0 spiro atoms. The number of aryl methyl sites for hydroxylation is 1. The minimum atomic E-state index is -0.573. The van der Waals surface area contributed by atoms with E-state index in [0.29, 0.717) is 42.2 Å². The first-order valence-corrected chi connectivity index (χ1v) is 11.4. The standard InChI is InChI=1S/C25H26ClN3O4/c1-15-6-7-17(12-21(15)26)27-25(33)28(2)13-16-4-3-5-19-20(16)14-29(24(19)32)22-10-8-18(30)9-11-23(22)31/h3-7,12,22H,8-11,13-14H2,1-2H3,(H,27,33). The zero-order chi connectivity index (χ0) is 23.7. The van der Waals surface area contributed by atoms with Crippen molar-refractivity contribution in [2.75, 3.05) is 12.4 Å². The number of amides is 3. The lowest BCUT2D eigenvalue weighted by atomic mass is 10.0. The third-order valence-corrected chi connectivity index (χ3v) is 6.77. The molecular formula is C25H26ClN3O4. The number of carbonyl (C=O) groups is 4. The second kappa shape index (κ2) is 9.35. The lowest BCUT2D eigenvalue weighted by Crippen LogP contribution is -2.40. The summed E-state index contributed by atoms with van der Waals surface area (Å²) >= 11 is 6.15. The van der Waals surface area contributed by atoms with E-state index in [1.807, 2.05) is 19.1 Å². The van der Waals surface area contributed by atoms with Crippen molar-refractivity contribution in [3.8, 4) is 0 Å². The predicted octanol–water partition coefficient (Wildman–Crippen LogP) is 4.35. The van der Waals surface area contributed by atoms with Gasteiger partial charge in [0.15, 0.2) is 5.78 Å². The average molecular weight is 468 g/mol. The molecule has 2 aliphatic rings. The van der Waals surface area contributed by atoms with Crippen molar-refractivity contribution in [3.05, 3.63) is 63.7 Å². The van der Waals surface area contributed by atoms with Crippen LogP contribution in [0.3, 0.4) is 0 Å². The van der Waals surface area contributed by atoms with Gasteiger partial charge in [0.25, 0.3) is 5.91 Å². The van der Waals surface area contributed by atoms with E-state index in [0.717, 1.165) is 16.7 Å². The molecule has 0 aromatic heterocycles. The van der Waals surface area contributed by atoms with Gasteiger partial charge in [0.1, 0.15) is 5.78 Å². The van der Waals surface area contributed by atoms with E-state index in [4.69, 9.17) is 11.6 Å². The van der Waals surface area contributed by atoms with E-state index in [1.165, 1.54) is 4.90 Å². The van der Waals surface area contributed by atoms with E-state index in [-0.39, 0.29) is 36.3 Å². The van der Waals surface area contributed by atoms with Crippen molar-refractivity contribution in [2.24, 2.45) is 0 Å². The highest BCUT2D eigenvalue weighted by atomic mass is 35.5. The molecule has 8 heteroatoms. The summed E-state index contributed by atoms with van der Waals surface area (Å²) in [6.45, 7) is 2.49. The fourth-order valence-corrected chi connectivity index (χ4v) is 4.56. The molecule has 1 aliphatic heterocycles. The molecule has 2 aromatic rings. The maximum atomic E-state index is 13.1. The first-order valence-electron chi connectivity index (χ1n) is 11.0. The van der Waals surface area contributed by atoms with E-state index >= 15 is 0 Å². The maximum Gasteiger partial charge on any atom is 0.321 e. The zero-order valence-corrected chi connectivity index (χ0v) is 19.4. The van der Waals surface area contributed by atoms with Gasteiger partial charge in [-0.25, -0.2) is 4.79 Å². The van der Waals surface area contributed by atoms with E-state index in [2.05, 4.69) is 5.32 Å². The predicted molar refractivity (Wildman–Crippen MR) is 125 cm³/mol. The third-order valence-electron chi connectivity index (χ3n) is 6.36. The largest absolute Gasteiger partial charge is 0.324 e. The minimum Gasteiger partial charge on any atom is -0.324 e. The van der Waals surface area contributed by atoms with Gasteiger partial charge in [0.2, 0.25) is 0 Å². The Morgan fingerprint density at radius 2 is 1.94 bits per heavy atom. The molecule has 0 bridgehead atoms. The molecule has 0 radical (unpaired) electrons. The topological polar surface area (TPSA) is 86.8 Å². The van der Waals surface area contributed by atoms with Crippen LogP contribution in [0.25, 0.3) is 0 Å². The first-order chi connectivity index (χ1) is 15.7. The summed E-state index contributed by atoms with van der Waals surface area (Å²) in [5, 5.41) is 3.41. The molecule has 3 amide bonds. The molecule has 1 fully saturated rings. The van der Waals surface area contributed by atoms with Crippen molar-refractivity contribution in [3.63, 3.8) is 0 Å². The smallest absolute Gasteiger partial charge is 0.321 e. The van der Waals surface area contributed by atoms with Gasteiger partial charge in [0.05, 0.1) is 6.04 Å². The second-order valence-corrected chi connectivity index (χ2v) is 9.09. The number of ketones is 2. The quantitative estimate of drug-likeness (QED) is 0.677. The van der Waals surface area contributed by atoms with Crippen LogP contribution in [-0.2, 0) is 22.7 Å². The summed E-state index contributed by atoms with van der Waals surface area (Å²) in [7, 11) is 1.68. The number of nitrogens with zero attached hydrogens (tertiary/aromatic N) is 2. The second-order valence-electron chi connectivity index (χ2n) is 8.69. The molecule has 2 aromatic carbocycles. The van der Waals surface area contributed by atoms with Crippen molar-refractivity contribution in [1.82, 2.24) is 9.80 Å².